The Hall–Kier alpha value is -2.45. The molecule has 164 valence electrons. The monoisotopic (exact) mass is 457 g/mol. The standard InChI is InChI=1S/C23H27N3O3S2/c1-14-5-6-20(15(2)9-14)24-22(27)11-23-25-21(12-30-23)19-10-16(3)26(17(19)4)18-7-8-31(28,29)13-18/h5-6,9-10,12,18H,7-8,11,13H2,1-4H3,(H,24,27). The third kappa shape index (κ3) is 4.60. The highest BCUT2D eigenvalue weighted by molar-refractivity contribution is 7.91. The molecule has 31 heavy (non-hydrogen) atoms. The smallest absolute Gasteiger partial charge is 0.231 e. The molecular weight excluding hydrogens is 430 g/mol. The molecule has 3 heterocycles. The van der Waals surface area contributed by atoms with Crippen LogP contribution < -0.4 is 5.32 Å². The highest BCUT2D eigenvalue weighted by atomic mass is 32.2. The van der Waals surface area contributed by atoms with Crippen molar-refractivity contribution in [2.24, 2.45) is 0 Å². The van der Waals surface area contributed by atoms with Crippen molar-refractivity contribution < 1.29 is 13.2 Å². The molecule has 2 aromatic heterocycles. The number of anilines is 1. The summed E-state index contributed by atoms with van der Waals surface area (Å²) in [7, 11) is -2.95. The second-order valence-corrected chi connectivity index (χ2v) is 11.6. The van der Waals surface area contributed by atoms with Crippen LogP contribution in [-0.2, 0) is 21.1 Å². The van der Waals surface area contributed by atoms with E-state index in [-0.39, 0.29) is 29.9 Å². The molecule has 1 atom stereocenters. The summed E-state index contributed by atoms with van der Waals surface area (Å²) >= 11 is 1.47. The summed E-state index contributed by atoms with van der Waals surface area (Å²) in [6, 6.07) is 8.00. The summed E-state index contributed by atoms with van der Waals surface area (Å²) in [4.78, 5) is 17.2. The van der Waals surface area contributed by atoms with Crippen molar-refractivity contribution in [1.82, 2.24) is 9.55 Å². The maximum Gasteiger partial charge on any atom is 0.231 e. The van der Waals surface area contributed by atoms with Gasteiger partial charge in [0.25, 0.3) is 0 Å². The minimum atomic E-state index is -2.95. The molecule has 1 fully saturated rings. The van der Waals surface area contributed by atoms with Gasteiger partial charge in [0.05, 0.1) is 23.6 Å². The Labute approximate surface area is 187 Å². The first-order valence-electron chi connectivity index (χ1n) is 10.3. The predicted molar refractivity (Wildman–Crippen MR) is 126 cm³/mol. The number of hydrogen-bond donors (Lipinski definition) is 1. The fraction of sp³-hybridized carbons (Fsp3) is 0.391. The molecule has 4 rings (SSSR count). The number of sulfone groups is 1. The maximum absolute atomic E-state index is 12.5. The van der Waals surface area contributed by atoms with Gasteiger partial charge in [0.15, 0.2) is 9.84 Å². The summed E-state index contributed by atoms with van der Waals surface area (Å²) in [6.07, 6.45) is 0.872. The number of aromatic nitrogens is 2. The molecule has 0 bridgehead atoms. The number of thiazole rings is 1. The average molecular weight is 458 g/mol. The number of carbonyl (C=O) groups is 1. The van der Waals surface area contributed by atoms with Crippen LogP contribution in [0.5, 0.6) is 0 Å². The van der Waals surface area contributed by atoms with E-state index in [1.165, 1.54) is 11.3 Å². The van der Waals surface area contributed by atoms with Crippen LogP contribution in [0.15, 0.2) is 29.6 Å². The van der Waals surface area contributed by atoms with Gasteiger partial charge in [-0.2, -0.15) is 0 Å². The normalized spacial score (nSPS) is 17.7. The van der Waals surface area contributed by atoms with Gasteiger partial charge in [-0.05, 0) is 51.8 Å². The minimum absolute atomic E-state index is 0.0135. The van der Waals surface area contributed by atoms with E-state index >= 15 is 0 Å². The zero-order chi connectivity index (χ0) is 22.3. The maximum atomic E-state index is 12.5. The molecule has 0 radical (unpaired) electrons. The van der Waals surface area contributed by atoms with Crippen molar-refractivity contribution in [1.29, 1.82) is 0 Å². The third-order valence-electron chi connectivity index (χ3n) is 5.85. The molecule has 0 aliphatic carbocycles. The first-order chi connectivity index (χ1) is 14.6. The fourth-order valence-corrected chi connectivity index (χ4v) is 6.87. The molecule has 1 N–H and O–H groups in total. The highest BCUT2D eigenvalue weighted by Crippen LogP contribution is 2.34. The van der Waals surface area contributed by atoms with Crippen molar-refractivity contribution in [3.05, 3.63) is 57.2 Å². The van der Waals surface area contributed by atoms with Crippen LogP contribution in [-0.4, -0.2) is 35.4 Å². The van der Waals surface area contributed by atoms with E-state index in [1.54, 1.807) is 0 Å². The van der Waals surface area contributed by atoms with Crippen LogP contribution in [0.3, 0.4) is 0 Å². The Morgan fingerprint density at radius 1 is 1.23 bits per heavy atom. The van der Waals surface area contributed by atoms with Gasteiger partial charge in [-0.25, -0.2) is 13.4 Å². The number of carbonyl (C=O) groups excluding carboxylic acids is 1. The Balaban J connectivity index is 1.50. The number of nitrogens with zero attached hydrogens (tertiary/aromatic N) is 2. The molecule has 6 nitrogen and oxygen atoms in total. The first kappa shape index (κ1) is 21.8. The first-order valence-corrected chi connectivity index (χ1v) is 13.0. The number of benzene rings is 1. The van der Waals surface area contributed by atoms with Gasteiger partial charge in [0.2, 0.25) is 5.91 Å². The largest absolute Gasteiger partial charge is 0.344 e. The van der Waals surface area contributed by atoms with Gasteiger partial charge >= 0.3 is 0 Å². The van der Waals surface area contributed by atoms with Gasteiger partial charge < -0.3 is 9.88 Å². The Morgan fingerprint density at radius 3 is 2.68 bits per heavy atom. The zero-order valence-corrected chi connectivity index (χ0v) is 19.9. The van der Waals surface area contributed by atoms with Gasteiger partial charge in [-0.1, -0.05) is 17.7 Å². The zero-order valence-electron chi connectivity index (χ0n) is 18.2. The van der Waals surface area contributed by atoms with Crippen LogP contribution >= 0.6 is 11.3 Å². The van der Waals surface area contributed by atoms with Crippen LogP contribution in [0.2, 0.25) is 0 Å². The van der Waals surface area contributed by atoms with Gasteiger partial charge in [0, 0.05) is 34.1 Å². The van der Waals surface area contributed by atoms with Crippen molar-refractivity contribution in [2.75, 3.05) is 16.8 Å². The van der Waals surface area contributed by atoms with Gasteiger partial charge in [-0.3, -0.25) is 4.79 Å². The van der Waals surface area contributed by atoms with Gasteiger partial charge in [0.1, 0.15) is 5.01 Å². The molecule has 0 spiro atoms. The lowest BCUT2D eigenvalue weighted by molar-refractivity contribution is -0.115. The molecule has 8 heteroatoms. The molecule has 1 aliphatic rings. The fourth-order valence-electron chi connectivity index (χ4n) is 4.38. The Morgan fingerprint density at radius 2 is 2.00 bits per heavy atom. The molecule has 1 saturated heterocycles. The topological polar surface area (TPSA) is 81.1 Å². The van der Waals surface area contributed by atoms with Crippen LogP contribution in [0.4, 0.5) is 5.69 Å². The van der Waals surface area contributed by atoms with E-state index in [0.717, 1.165) is 44.5 Å². The van der Waals surface area contributed by atoms with E-state index < -0.39 is 9.84 Å². The van der Waals surface area contributed by atoms with Crippen molar-refractivity contribution in [2.45, 2.75) is 46.6 Å². The molecule has 1 amide bonds. The lowest BCUT2D eigenvalue weighted by Gasteiger charge is -2.16. The predicted octanol–water partition coefficient (Wildman–Crippen LogP) is 4.39. The number of aryl methyl sites for hydroxylation is 3. The van der Waals surface area contributed by atoms with Crippen LogP contribution in [0.1, 0.15) is 40.0 Å². The SMILES string of the molecule is Cc1ccc(NC(=O)Cc2nc(-c3cc(C)n(C4CCS(=O)(=O)C4)c3C)cs2)c(C)c1. The molecule has 1 aliphatic heterocycles. The summed E-state index contributed by atoms with van der Waals surface area (Å²) in [6.45, 7) is 8.03. The minimum Gasteiger partial charge on any atom is -0.344 e. The third-order valence-corrected chi connectivity index (χ3v) is 8.45. The molecular formula is C23H27N3O3S2. The number of rotatable bonds is 5. The van der Waals surface area contributed by atoms with E-state index in [2.05, 4.69) is 16.0 Å². The Bertz CT molecular complexity index is 1260. The van der Waals surface area contributed by atoms with Gasteiger partial charge in [-0.15, -0.1) is 11.3 Å². The second kappa shape index (κ2) is 8.24. The Kier molecular flexibility index (Phi) is 5.79. The van der Waals surface area contributed by atoms with E-state index in [0.29, 0.717) is 6.42 Å². The number of amides is 1. The molecule has 0 saturated carbocycles. The lowest BCUT2D eigenvalue weighted by Crippen LogP contribution is -2.15. The van der Waals surface area contributed by atoms with Crippen molar-refractivity contribution in [3.63, 3.8) is 0 Å². The quantitative estimate of drug-likeness (QED) is 0.616. The highest BCUT2D eigenvalue weighted by Gasteiger charge is 2.31. The molecule has 3 aromatic rings. The van der Waals surface area contributed by atoms with Crippen molar-refractivity contribution >= 4 is 32.8 Å². The molecule has 1 unspecified atom stereocenters. The average Bonchev–Trinajstić information content (AvgIpc) is 3.35. The summed E-state index contributed by atoms with van der Waals surface area (Å²) in [5.74, 6) is 0.360. The summed E-state index contributed by atoms with van der Waals surface area (Å²) in [5.41, 5.74) is 6.91. The lowest BCUT2D eigenvalue weighted by atomic mass is 10.1. The summed E-state index contributed by atoms with van der Waals surface area (Å²) in [5, 5.41) is 5.70. The summed E-state index contributed by atoms with van der Waals surface area (Å²) < 4.78 is 26.0. The number of hydrogen-bond acceptors (Lipinski definition) is 5. The van der Waals surface area contributed by atoms with E-state index in [9.17, 15) is 13.2 Å². The number of nitrogens with one attached hydrogen (secondary N) is 1. The van der Waals surface area contributed by atoms with E-state index in [1.807, 2.05) is 51.3 Å². The van der Waals surface area contributed by atoms with Crippen LogP contribution in [0.25, 0.3) is 11.3 Å². The van der Waals surface area contributed by atoms with E-state index in [4.69, 9.17) is 4.98 Å². The molecule has 1 aromatic carbocycles. The second-order valence-electron chi connectivity index (χ2n) is 8.38. The van der Waals surface area contributed by atoms with Crippen LogP contribution in [0, 0.1) is 27.7 Å². The van der Waals surface area contributed by atoms with Crippen molar-refractivity contribution in [3.8, 4) is 11.3 Å².